The average molecular weight is 274 g/mol. The predicted octanol–water partition coefficient (Wildman–Crippen LogP) is 1.76. The maximum Gasteiger partial charge on any atom is 0.330 e. The van der Waals surface area contributed by atoms with E-state index in [4.69, 9.17) is 10.5 Å². The number of benzene rings is 1. The molecule has 0 saturated carbocycles. The maximum atomic E-state index is 11.7. The van der Waals surface area contributed by atoms with Crippen LogP contribution in [0.4, 0.5) is 0 Å². The minimum absolute atomic E-state index is 0.328. The molecule has 0 amide bonds. The van der Waals surface area contributed by atoms with Crippen LogP contribution in [0.25, 0.3) is 10.9 Å². The highest BCUT2D eigenvalue weighted by Crippen LogP contribution is 2.19. The van der Waals surface area contributed by atoms with Gasteiger partial charge in [-0.05, 0) is 11.6 Å². The average Bonchev–Trinajstić information content (AvgIpc) is 2.82. The largest absolute Gasteiger partial charge is 0.392 e. The van der Waals surface area contributed by atoms with Gasteiger partial charge in [0.1, 0.15) is 6.04 Å². The molecule has 1 aromatic carbocycles. The van der Waals surface area contributed by atoms with Crippen molar-refractivity contribution in [1.29, 1.82) is 0 Å². The van der Waals surface area contributed by atoms with Gasteiger partial charge < -0.3 is 15.5 Å². The van der Waals surface area contributed by atoms with Gasteiger partial charge in [0.05, 0.1) is 5.92 Å². The third-order valence-corrected chi connectivity index (χ3v) is 3.09. The molecule has 20 heavy (non-hydrogen) atoms. The van der Waals surface area contributed by atoms with E-state index >= 15 is 0 Å². The highest BCUT2D eigenvalue weighted by atomic mass is 16.6. The molecule has 1 aromatic heterocycles. The van der Waals surface area contributed by atoms with Crippen LogP contribution in [-0.2, 0) is 20.7 Å². The molecule has 5 nitrogen and oxygen atoms in total. The molecule has 106 valence electrons. The second kappa shape index (κ2) is 5.88. The number of nitrogens with one attached hydrogen (secondary N) is 1. The lowest BCUT2D eigenvalue weighted by atomic mass is 10.1. The Balaban J connectivity index is 2.06. The summed E-state index contributed by atoms with van der Waals surface area (Å²) in [7, 11) is 0. The van der Waals surface area contributed by atoms with Crippen LogP contribution in [-0.4, -0.2) is 23.0 Å². The predicted molar refractivity (Wildman–Crippen MR) is 75.9 cm³/mol. The van der Waals surface area contributed by atoms with E-state index in [9.17, 15) is 9.59 Å². The van der Waals surface area contributed by atoms with Gasteiger partial charge in [-0.2, -0.15) is 0 Å². The van der Waals surface area contributed by atoms with Crippen LogP contribution in [0.5, 0.6) is 0 Å². The number of esters is 2. The van der Waals surface area contributed by atoms with Crippen molar-refractivity contribution in [3.05, 3.63) is 36.0 Å². The van der Waals surface area contributed by atoms with E-state index in [1.54, 1.807) is 13.8 Å². The number of para-hydroxylation sites is 1. The Morgan fingerprint density at radius 3 is 2.65 bits per heavy atom. The number of fused-ring (bicyclic) bond motifs is 1. The van der Waals surface area contributed by atoms with Crippen LogP contribution in [0.2, 0.25) is 0 Å². The van der Waals surface area contributed by atoms with E-state index in [0.29, 0.717) is 6.42 Å². The molecule has 0 fully saturated rings. The fourth-order valence-corrected chi connectivity index (χ4v) is 1.91. The lowest BCUT2D eigenvalue weighted by Crippen LogP contribution is -2.36. The van der Waals surface area contributed by atoms with Crippen molar-refractivity contribution >= 4 is 22.8 Å². The van der Waals surface area contributed by atoms with Crippen molar-refractivity contribution in [3.8, 4) is 0 Å². The molecule has 0 aliphatic heterocycles. The molecule has 0 aliphatic rings. The number of rotatable bonds is 4. The number of aromatic nitrogens is 1. The van der Waals surface area contributed by atoms with Crippen LogP contribution in [0.3, 0.4) is 0 Å². The highest BCUT2D eigenvalue weighted by Gasteiger charge is 2.21. The fourth-order valence-electron chi connectivity index (χ4n) is 1.91. The lowest BCUT2D eigenvalue weighted by molar-refractivity contribution is -0.162. The van der Waals surface area contributed by atoms with Gasteiger partial charge in [0.25, 0.3) is 0 Å². The molecular weight excluding hydrogens is 256 g/mol. The minimum atomic E-state index is -0.850. The van der Waals surface area contributed by atoms with Crippen LogP contribution in [0.15, 0.2) is 30.5 Å². The Morgan fingerprint density at radius 2 is 1.95 bits per heavy atom. The molecule has 0 saturated heterocycles. The van der Waals surface area contributed by atoms with E-state index in [-0.39, 0.29) is 5.92 Å². The summed E-state index contributed by atoms with van der Waals surface area (Å²) in [5, 5.41) is 1.02. The monoisotopic (exact) mass is 274 g/mol. The van der Waals surface area contributed by atoms with Crippen LogP contribution in [0.1, 0.15) is 19.4 Å². The highest BCUT2D eigenvalue weighted by molar-refractivity contribution is 5.90. The number of ether oxygens (including phenoxy) is 1. The molecule has 0 unspecified atom stereocenters. The molecule has 0 aliphatic carbocycles. The Hall–Kier alpha value is -2.14. The van der Waals surface area contributed by atoms with Gasteiger partial charge in [0.2, 0.25) is 0 Å². The second-order valence-corrected chi connectivity index (χ2v) is 5.06. The van der Waals surface area contributed by atoms with E-state index in [1.807, 2.05) is 30.5 Å². The third kappa shape index (κ3) is 3.05. The van der Waals surface area contributed by atoms with E-state index in [1.165, 1.54) is 0 Å². The molecule has 3 N–H and O–H groups in total. The molecular formula is C15H18N2O3. The SMILES string of the molecule is CC(C)C(=O)OC(=O)[C@@H](N)Cc1c[nH]c2ccccc12. The van der Waals surface area contributed by atoms with Gasteiger partial charge in [-0.1, -0.05) is 32.0 Å². The van der Waals surface area contributed by atoms with E-state index < -0.39 is 18.0 Å². The summed E-state index contributed by atoms with van der Waals surface area (Å²) in [6, 6.07) is 6.91. The summed E-state index contributed by atoms with van der Waals surface area (Å²) in [6.07, 6.45) is 2.15. The van der Waals surface area contributed by atoms with Crippen molar-refractivity contribution in [3.63, 3.8) is 0 Å². The van der Waals surface area contributed by atoms with Gasteiger partial charge >= 0.3 is 11.9 Å². The molecule has 5 heteroatoms. The molecule has 0 radical (unpaired) electrons. The summed E-state index contributed by atoms with van der Waals surface area (Å²) in [6.45, 7) is 3.33. The number of nitrogens with two attached hydrogens (primary N) is 1. The van der Waals surface area contributed by atoms with Crippen molar-refractivity contribution in [1.82, 2.24) is 4.98 Å². The van der Waals surface area contributed by atoms with Crippen molar-refractivity contribution in [2.45, 2.75) is 26.3 Å². The smallest absolute Gasteiger partial charge is 0.330 e. The molecule has 0 spiro atoms. The first-order chi connectivity index (χ1) is 9.49. The van der Waals surface area contributed by atoms with Gasteiger partial charge in [0, 0.05) is 23.5 Å². The van der Waals surface area contributed by atoms with Crippen molar-refractivity contribution in [2.24, 2.45) is 11.7 Å². The molecule has 1 atom stereocenters. The Morgan fingerprint density at radius 1 is 1.25 bits per heavy atom. The number of carbonyl (C=O) groups is 2. The van der Waals surface area contributed by atoms with Crippen LogP contribution >= 0.6 is 0 Å². The fraction of sp³-hybridized carbons (Fsp3) is 0.333. The molecule has 1 heterocycles. The minimum Gasteiger partial charge on any atom is -0.392 e. The molecule has 0 bridgehead atoms. The summed E-state index contributed by atoms with van der Waals surface area (Å²) in [5.41, 5.74) is 7.73. The summed E-state index contributed by atoms with van der Waals surface area (Å²) < 4.78 is 4.72. The summed E-state index contributed by atoms with van der Waals surface area (Å²) in [5.74, 6) is -1.59. The zero-order valence-electron chi connectivity index (χ0n) is 11.6. The van der Waals surface area contributed by atoms with E-state index in [2.05, 4.69) is 4.98 Å². The quantitative estimate of drug-likeness (QED) is 0.657. The normalized spacial score (nSPS) is 12.6. The molecule has 2 aromatic rings. The maximum absolute atomic E-state index is 11.7. The number of carbonyl (C=O) groups excluding carboxylic acids is 2. The van der Waals surface area contributed by atoms with Gasteiger partial charge in [0.15, 0.2) is 0 Å². The summed E-state index contributed by atoms with van der Waals surface area (Å²) >= 11 is 0. The Kier molecular flexibility index (Phi) is 4.20. The first kappa shape index (κ1) is 14.3. The Labute approximate surface area is 117 Å². The number of H-pyrrole nitrogens is 1. The zero-order chi connectivity index (χ0) is 14.7. The third-order valence-electron chi connectivity index (χ3n) is 3.09. The van der Waals surface area contributed by atoms with Gasteiger partial charge in [-0.3, -0.25) is 4.79 Å². The topological polar surface area (TPSA) is 85.2 Å². The van der Waals surface area contributed by atoms with Crippen LogP contribution < -0.4 is 5.73 Å². The Bertz CT molecular complexity index is 631. The first-order valence-corrected chi connectivity index (χ1v) is 6.55. The standard InChI is InChI=1S/C15H18N2O3/c1-9(2)14(18)20-15(19)12(16)7-10-8-17-13-6-4-3-5-11(10)13/h3-6,8-9,12,17H,7,16H2,1-2H3/t12-/m0/s1. The van der Waals surface area contributed by atoms with Gasteiger partial charge in [-0.15, -0.1) is 0 Å². The van der Waals surface area contributed by atoms with Crippen molar-refractivity contribution < 1.29 is 14.3 Å². The van der Waals surface area contributed by atoms with Gasteiger partial charge in [-0.25, -0.2) is 4.79 Å². The zero-order valence-corrected chi connectivity index (χ0v) is 11.6. The molecule has 2 rings (SSSR count). The lowest BCUT2D eigenvalue weighted by Gasteiger charge is -2.11. The summed E-state index contributed by atoms with van der Waals surface area (Å²) in [4.78, 5) is 26.2. The van der Waals surface area contributed by atoms with Crippen LogP contribution in [0, 0.1) is 5.92 Å². The number of aromatic amines is 1. The number of hydrogen-bond acceptors (Lipinski definition) is 4. The van der Waals surface area contributed by atoms with E-state index in [0.717, 1.165) is 16.5 Å². The van der Waals surface area contributed by atoms with Crippen molar-refractivity contribution in [2.75, 3.05) is 0 Å². The second-order valence-electron chi connectivity index (χ2n) is 5.06. The number of hydrogen-bond donors (Lipinski definition) is 2. The first-order valence-electron chi connectivity index (χ1n) is 6.55.